The fourth-order valence-corrected chi connectivity index (χ4v) is 2.50. The second kappa shape index (κ2) is 6.47. The number of aliphatic hydroxyl groups excluding tert-OH is 3. The molecule has 7 atom stereocenters. The van der Waals surface area contributed by atoms with E-state index in [1.165, 1.54) is 0 Å². The van der Waals surface area contributed by atoms with Crippen molar-refractivity contribution in [3.8, 4) is 0 Å². The summed E-state index contributed by atoms with van der Waals surface area (Å²) >= 11 is 0. The van der Waals surface area contributed by atoms with Gasteiger partial charge in [-0.25, -0.2) is 0 Å². The lowest BCUT2D eigenvalue weighted by atomic mass is 9.94. The van der Waals surface area contributed by atoms with Crippen LogP contribution in [-0.4, -0.2) is 65.3 Å². The van der Waals surface area contributed by atoms with Gasteiger partial charge in [-0.05, 0) is 6.42 Å². The monoisotopic (exact) mass is 276 g/mol. The van der Waals surface area contributed by atoms with Gasteiger partial charge in [-0.2, -0.15) is 0 Å². The van der Waals surface area contributed by atoms with Crippen LogP contribution >= 0.6 is 0 Å². The van der Waals surface area contributed by atoms with Crippen molar-refractivity contribution in [1.29, 1.82) is 0 Å². The predicted octanol–water partition coefficient (Wildman–Crippen LogP) is -0.354. The van der Waals surface area contributed by atoms with E-state index in [0.29, 0.717) is 6.42 Å². The number of aliphatic hydroxyl groups is 3. The molecule has 0 saturated carbocycles. The lowest BCUT2D eigenvalue weighted by molar-refractivity contribution is -0.289. The Morgan fingerprint density at radius 3 is 2.58 bits per heavy atom. The number of hydrogen-bond acceptors (Lipinski definition) is 6. The summed E-state index contributed by atoms with van der Waals surface area (Å²) in [5.41, 5.74) is 0. The average molecular weight is 276 g/mol. The summed E-state index contributed by atoms with van der Waals surface area (Å²) in [6.45, 7) is 4.18. The van der Waals surface area contributed by atoms with Crippen molar-refractivity contribution >= 4 is 0 Å². The summed E-state index contributed by atoms with van der Waals surface area (Å²) in [5.74, 6) is -0.172. The molecule has 0 spiro atoms. The molecule has 3 N–H and O–H groups in total. The quantitative estimate of drug-likeness (QED) is 0.653. The SMILES string of the molecule is CCC1CC(O)C(C)C(OC2COCC(O)C2O)O1. The van der Waals surface area contributed by atoms with Gasteiger partial charge in [-0.3, -0.25) is 0 Å². The second-order valence-electron chi connectivity index (χ2n) is 5.47. The van der Waals surface area contributed by atoms with Crippen LogP contribution in [0, 0.1) is 5.92 Å². The van der Waals surface area contributed by atoms with Gasteiger partial charge in [0.05, 0.1) is 25.4 Å². The van der Waals surface area contributed by atoms with Gasteiger partial charge in [0, 0.05) is 12.3 Å². The molecule has 112 valence electrons. The Hall–Kier alpha value is -0.240. The van der Waals surface area contributed by atoms with E-state index in [9.17, 15) is 15.3 Å². The van der Waals surface area contributed by atoms with E-state index in [1.807, 2.05) is 13.8 Å². The molecule has 0 radical (unpaired) electrons. The van der Waals surface area contributed by atoms with Gasteiger partial charge < -0.3 is 29.5 Å². The van der Waals surface area contributed by atoms with Crippen LogP contribution in [-0.2, 0) is 14.2 Å². The second-order valence-corrected chi connectivity index (χ2v) is 5.47. The Kier molecular flexibility index (Phi) is 5.16. The van der Waals surface area contributed by atoms with Crippen molar-refractivity contribution in [2.75, 3.05) is 13.2 Å². The summed E-state index contributed by atoms with van der Waals surface area (Å²) in [7, 11) is 0. The topological polar surface area (TPSA) is 88.4 Å². The van der Waals surface area contributed by atoms with Crippen LogP contribution in [0.25, 0.3) is 0 Å². The zero-order valence-corrected chi connectivity index (χ0v) is 11.4. The molecule has 6 heteroatoms. The van der Waals surface area contributed by atoms with Gasteiger partial charge >= 0.3 is 0 Å². The molecule has 19 heavy (non-hydrogen) atoms. The van der Waals surface area contributed by atoms with Crippen molar-refractivity contribution in [1.82, 2.24) is 0 Å². The molecule has 2 aliphatic heterocycles. The zero-order chi connectivity index (χ0) is 14.0. The van der Waals surface area contributed by atoms with E-state index in [1.54, 1.807) is 0 Å². The van der Waals surface area contributed by atoms with Gasteiger partial charge in [0.1, 0.15) is 18.3 Å². The minimum absolute atomic E-state index is 0.0391. The maximum absolute atomic E-state index is 9.99. The first-order chi connectivity index (χ1) is 9.02. The Morgan fingerprint density at radius 2 is 1.89 bits per heavy atom. The van der Waals surface area contributed by atoms with Crippen molar-refractivity contribution in [3.63, 3.8) is 0 Å². The van der Waals surface area contributed by atoms with Gasteiger partial charge in [0.15, 0.2) is 6.29 Å². The molecule has 7 unspecified atom stereocenters. The summed E-state index contributed by atoms with van der Waals surface area (Å²) < 4.78 is 16.7. The smallest absolute Gasteiger partial charge is 0.163 e. The average Bonchev–Trinajstić information content (AvgIpc) is 2.39. The van der Waals surface area contributed by atoms with Gasteiger partial charge in [-0.1, -0.05) is 13.8 Å². The Labute approximate surface area is 113 Å². The van der Waals surface area contributed by atoms with Crippen LogP contribution in [0.4, 0.5) is 0 Å². The molecule has 0 amide bonds. The minimum Gasteiger partial charge on any atom is -0.393 e. The molecule has 2 aliphatic rings. The molecule has 0 aromatic heterocycles. The third kappa shape index (κ3) is 3.45. The Morgan fingerprint density at radius 1 is 1.16 bits per heavy atom. The van der Waals surface area contributed by atoms with Gasteiger partial charge in [-0.15, -0.1) is 0 Å². The number of rotatable bonds is 3. The third-order valence-corrected chi connectivity index (χ3v) is 3.98. The van der Waals surface area contributed by atoms with Gasteiger partial charge in [0.25, 0.3) is 0 Å². The summed E-state index contributed by atoms with van der Waals surface area (Å²) in [6.07, 6.45) is -2.24. The van der Waals surface area contributed by atoms with E-state index in [-0.39, 0.29) is 25.2 Å². The van der Waals surface area contributed by atoms with Crippen LogP contribution in [0.3, 0.4) is 0 Å². The zero-order valence-electron chi connectivity index (χ0n) is 11.4. The largest absolute Gasteiger partial charge is 0.393 e. The summed E-state index contributed by atoms with van der Waals surface area (Å²) in [4.78, 5) is 0. The standard InChI is InChI=1S/C13H24O6/c1-3-8-4-9(14)7(2)13(18-8)19-11-6-17-5-10(15)12(11)16/h7-16H,3-6H2,1-2H3. The molecule has 0 bridgehead atoms. The normalized spacial score (nSPS) is 48.2. The molecular formula is C13H24O6. The van der Waals surface area contributed by atoms with E-state index >= 15 is 0 Å². The van der Waals surface area contributed by atoms with E-state index < -0.39 is 30.7 Å². The number of hydrogen-bond donors (Lipinski definition) is 3. The van der Waals surface area contributed by atoms with Crippen molar-refractivity contribution in [2.24, 2.45) is 5.92 Å². The lowest BCUT2D eigenvalue weighted by Crippen LogP contribution is -2.53. The van der Waals surface area contributed by atoms with Crippen LogP contribution < -0.4 is 0 Å². The molecule has 2 rings (SSSR count). The van der Waals surface area contributed by atoms with Crippen LogP contribution in [0.2, 0.25) is 0 Å². The first-order valence-corrected chi connectivity index (χ1v) is 6.95. The van der Waals surface area contributed by atoms with Crippen molar-refractivity contribution < 1.29 is 29.5 Å². The maximum Gasteiger partial charge on any atom is 0.163 e. The first kappa shape index (κ1) is 15.2. The third-order valence-electron chi connectivity index (χ3n) is 3.98. The highest BCUT2D eigenvalue weighted by Crippen LogP contribution is 2.29. The summed E-state index contributed by atoms with van der Waals surface area (Å²) in [5, 5.41) is 29.4. The van der Waals surface area contributed by atoms with E-state index in [4.69, 9.17) is 14.2 Å². The highest BCUT2D eigenvalue weighted by Gasteiger charge is 2.40. The molecule has 2 heterocycles. The molecule has 2 fully saturated rings. The Bertz CT molecular complexity index is 286. The van der Waals surface area contributed by atoms with E-state index in [2.05, 4.69) is 0 Å². The molecule has 0 aromatic carbocycles. The molecular weight excluding hydrogens is 252 g/mol. The van der Waals surface area contributed by atoms with Gasteiger partial charge in [0.2, 0.25) is 0 Å². The molecule has 2 saturated heterocycles. The lowest BCUT2D eigenvalue weighted by Gasteiger charge is -2.41. The molecule has 0 aromatic rings. The van der Waals surface area contributed by atoms with Crippen LogP contribution in [0.15, 0.2) is 0 Å². The fourth-order valence-electron chi connectivity index (χ4n) is 2.50. The fraction of sp³-hybridized carbons (Fsp3) is 1.00. The number of ether oxygens (including phenoxy) is 3. The highest BCUT2D eigenvalue weighted by atomic mass is 16.7. The van der Waals surface area contributed by atoms with Crippen LogP contribution in [0.1, 0.15) is 26.7 Å². The maximum atomic E-state index is 9.99. The molecule has 6 nitrogen and oxygen atoms in total. The minimum atomic E-state index is -0.983. The Balaban J connectivity index is 1.96. The molecule has 0 aliphatic carbocycles. The first-order valence-electron chi connectivity index (χ1n) is 6.95. The van der Waals surface area contributed by atoms with Crippen molar-refractivity contribution in [3.05, 3.63) is 0 Å². The van der Waals surface area contributed by atoms with Crippen LogP contribution in [0.5, 0.6) is 0 Å². The highest BCUT2D eigenvalue weighted by molar-refractivity contribution is 4.84. The van der Waals surface area contributed by atoms with Crippen molar-refractivity contribution in [2.45, 2.75) is 63.5 Å². The summed E-state index contributed by atoms with van der Waals surface area (Å²) in [6, 6.07) is 0. The van der Waals surface area contributed by atoms with E-state index in [0.717, 1.165) is 6.42 Å². The predicted molar refractivity (Wildman–Crippen MR) is 66.4 cm³/mol.